The molecule has 3 fully saturated rings. The molecular weight excluding hydrogens is 348 g/mol. The van der Waals surface area contributed by atoms with E-state index in [1.54, 1.807) is 11.8 Å². The first kappa shape index (κ1) is 17.2. The Labute approximate surface area is 157 Å². The van der Waals surface area contributed by atoms with Crippen LogP contribution in [0, 0.1) is 17.8 Å². The highest BCUT2D eigenvalue weighted by atomic mass is 16.5. The third-order valence-corrected chi connectivity index (χ3v) is 7.34. The lowest BCUT2D eigenvalue weighted by atomic mass is 9.61. The van der Waals surface area contributed by atoms with Crippen molar-refractivity contribution in [1.82, 2.24) is 4.90 Å². The van der Waals surface area contributed by atoms with Crippen LogP contribution in [0.1, 0.15) is 25.3 Å². The molecule has 4 heterocycles. The van der Waals surface area contributed by atoms with Gasteiger partial charge in [-0.25, -0.2) is 0 Å². The van der Waals surface area contributed by atoms with Gasteiger partial charge in [0, 0.05) is 31.0 Å². The van der Waals surface area contributed by atoms with Crippen molar-refractivity contribution in [3.63, 3.8) is 0 Å². The second-order valence-electron chi connectivity index (χ2n) is 8.30. The van der Waals surface area contributed by atoms with E-state index in [2.05, 4.69) is 0 Å². The molecule has 3 saturated heterocycles. The summed E-state index contributed by atoms with van der Waals surface area (Å²) in [5.74, 6) is -1.84. The van der Waals surface area contributed by atoms with Gasteiger partial charge in [0.05, 0.1) is 18.9 Å². The van der Waals surface area contributed by atoms with Gasteiger partial charge in [-0.2, -0.15) is 0 Å². The average Bonchev–Trinajstić information content (AvgIpc) is 3.04. The molecular formula is C20H24N2O5. The molecule has 2 N–H and O–H groups in total. The SMILES string of the molecule is COC(=O)C1C2CC(=O)N3c4ccccc4C4(O)CCN(CC2C(C)O)C134. The van der Waals surface area contributed by atoms with Crippen LogP contribution in [0.3, 0.4) is 0 Å². The molecule has 0 radical (unpaired) electrons. The molecule has 1 aromatic carbocycles. The fourth-order valence-corrected chi connectivity index (χ4v) is 6.40. The number of benzene rings is 1. The Morgan fingerprint density at radius 1 is 1.37 bits per heavy atom. The number of aliphatic hydroxyl groups excluding tert-OH is 1. The average molecular weight is 372 g/mol. The van der Waals surface area contributed by atoms with Crippen molar-refractivity contribution in [1.29, 1.82) is 0 Å². The molecule has 1 spiro atoms. The summed E-state index contributed by atoms with van der Waals surface area (Å²) in [5.41, 5.74) is -1.13. The minimum Gasteiger partial charge on any atom is -0.469 e. The Bertz CT molecular complexity index is 841. The maximum absolute atomic E-state index is 13.3. The predicted octanol–water partition coefficient (Wildman–Crippen LogP) is 0.443. The van der Waals surface area contributed by atoms with Gasteiger partial charge in [0.1, 0.15) is 17.2 Å². The Balaban J connectivity index is 1.80. The zero-order valence-electron chi connectivity index (χ0n) is 15.5. The molecule has 7 nitrogen and oxygen atoms in total. The number of rotatable bonds is 2. The van der Waals surface area contributed by atoms with Gasteiger partial charge in [-0.3, -0.25) is 19.4 Å². The Hall–Kier alpha value is -1.96. The summed E-state index contributed by atoms with van der Waals surface area (Å²) < 4.78 is 5.16. The molecule has 4 aliphatic rings. The second-order valence-corrected chi connectivity index (χ2v) is 8.30. The quantitative estimate of drug-likeness (QED) is 0.733. The number of para-hydroxylation sites is 1. The van der Waals surface area contributed by atoms with Crippen LogP contribution in [0.2, 0.25) is 0 Å². The predicted molar refractivity (Wildman–Crippen MR) is 95.5 cm³/mol. The summed E-state index contributed by atoms with van der Waals surface area (Å²) in [6, 6.07) is 7.39. The van der Waals surface area contributed by atoms with Crippen LogP contribution in [0.4, 0.5) is 5.69 Å². The van der Waals surface area contributed by atoms with E-state index in [0.29, 0.717) is 30.8 Å². The molecule has 144 valence electrons. The van der Waals surface area contributed by atoms with Crippen molar-refractivity contribution in [2.75, 3.05) is 25.1 Å². The summed E-state index contributed by atoms with van der Waals surface area (Å²) >= 11 is 0. The van der Waals surface area contributed by atoms with Crippen LogP contribution >= 0.6 is 0 Å². The van der Waals surface area contributed by atoms with E-state index in [9.17, 15) is 19.8 Å². The van der Waals surface area contributed by atoms with E-state index in [1.807, 2.05) is 29.2 Å². The van der Waals surface area contributed by atoms with Crippen LogP contribution < -0.4 is 4.90 Å². The topological polar surface area (TPSA) is 90.3 Å². The number of amides is 1. The fourth-order valence-electron chi connectivity index (χ4n) is 6.40. The molecule has 5 rings (SSSR count). The van der Waals surface area contributed by atoms with Crippen LogP contribution in [0.15, 0.2) is 24.3 Å². The van der Waals surface area contributed by atoms with Crippen LogP contribution in [-0.4, -0.2) is 59.0 Å². The first-order valence-electron chi connectivity index (χ1n) is 9.53. The number of fused-ring (bicyclic) bond motifs is 4. The van der Waals surface area contributed by atoms with E-state index in [4.69, 9.17) is 4.74 Å². The Kier molecular flexibility index (Phi) is 3.37. The minimum absolute atomic E-state index is 0.110. The molecule has 2 bridgehead atoms. The summed E-state index contributed by atoms with van der Waals surface area (Å²) in [4.78, 5) is 30.0. The van der Waals surface area contributed by atoms with Gasteiger partial charge in [-0.1, -0.05) is 18.2 Å². The van der Waals surface area contributed by atoms with E-state index >= 15 is 0 Å². The smallest absolute Gasteiger partial charge is 0.312 e. The minimum atomic E-state index is -1.33. The molecule has 0 saturated carbocycles. The first-order valence-corrected chi connectivity index (χ1v) is 9.53. The lowest BCUT2D eigenvalue weighted by Gasteiger charge is -2.61. The number of methoxy groups -OCH3 is 1. The van der Waals surface area contributed by atoms with E-state index in [0.717, 1.165) is 0 Å². The largest absolute Gasteiger partial charge is 0.469 e. The molecule has 1 aromatic rings. The number of aliphatic hydroxyl groups is 2. The van der Waals surface area contributed by atoms with Crippen LogP contribution in [0.5, 0.6) is 0 Å². The van der Waals surface area contributed by atoms with Gasteiger partial charge in [0.15, 0.2) is 0 Å². The van der Waals surface area contributed by atoms with Crippen molar-refractivity contribution in [2.24, 2.45) is 17.8 Å². The highest BCUT2D eigenvalue weighted by Gasteiger charge is 2.78. The van der Waals surface area contributed by atoms with Gasteiger partial charge in [0.2, 0.25) is 5.91 Å². The maximum Gasteiger partial charge on any atom is 0.312 e. The number of nitrogens with zero attached hydrogens (tertiary/aromatic N) is 2. The van der Waals surface area contributed by atoms with Crippen molar-refractivity contribution in [2.45, 2.75) is 37.1 Å². The maximum atomic E-state index is 13.3. The Morgan fingerprint density at radius 3 is 2.81 bits per heavy atom. The van der Waals surface area contributed by atoms with Crippen molar-refractivity contribution in [3.8, 4) is 0 Å². The number of anilines is 1. The summed E-state index contributed by atoms with van der Waals surface area (Å²) in [6.07, 6.45) is -0.0630. The second kappa shape index (κ2) is 5.31. The zero-order chi connectivity index (χ0) is 19.1. The highest BCUT2D eigenvalue weighted by Crippen LogP contribution is 2.66. The van der Waals surface area contributed by atoms with Crippen molar-refractivity contribution >= 4 is 17.6 Å². The van der Waals surface area contributed by atoms with E-state index in [1.165, 1.54) is 7.11 Å². The van der Waals surface area contributed by atoms with Crippen LogP contribution in [-0.2, 0) is 19.9 Å². The van der Waals surface area contributed by atoms with Gasteiger partial charge in [-0.05, 0) is 25.3 Å². The molecule has 1 amide bonds. The third kappa shape index (κ3) is 1.74. The Morgan fingerprint density at radius 2 is 2.11 bits per heavy atom. The normalized spacial score (nSPS) is 40.5. The zero-order valence-corrected chi connectivity index (χ0v) is 15.5. The lowest BCUT2D eigenvalue weighted by Crippen LogP contribution is -2.78. The number of piperidine rings is 2. The number of esters is 1. The molecule has 27 heavy (non-hydrogen) atoms. The van der Waals surface area contributed by atoms with E-state index in [-0.39, 0.29) is 24.2 Å². The summed E-state index contributed by atoms with van der Waals surface area (Å²) in [7, 11) is 1.34. The number of carbonyl (C=O) groups excluding carboxylic acids is 2. The summed E-state index contributed by atoms with van der Waals surface area (Å²) in [6.45, 7) is 2.80. The molecule has 6 unspecified atom stereocenters. The standard InChI is InChI=1S/C20H24N2O5/c1-11(23)13-10-21-8-7-19(26)14-5-3-4-6-15(14)22-16(24)9-12(13)17(18(25)27-2)20(19,21)22/h3-6,11-13,17,23,26H,7-10H2,1-2H3. The molecule has 0 aliphatic carbocycles. The first-order chi connectivity index (χ1) is 12.9. The van der Waals surface area contributed by atoms with Gasteiger partial charge in [-0.15, -0.1) is 0 Å². The monoisotopic (exact) mass is 372 g/mol. The molecule has 7 heteroatoms. The fraction of sp³-hybridized carbons (Fsp3) is 0.600. The van der Waals surface area contributed by atoms with E-state index < -0.39 is 29.3 Å². The van der Waals surface area contributed by atoms with Gasteiger partial charge < -0.3 is 14.9 Å². The van der Waals surface area contributed by atoms with Crippen molar-refractivity contribution in [3.05, 3.63) is 29.8 Å². The van der Waals surface area contributed by atoms with Gasteiger partial charge in [0.25, 0.3) is 0 Å². The lowest BCUT2D eigenvalue weighted by molar-refractivity contribution is -0.194. The van der Waals surface area contributed by atoms with Gasteiger partial charge >= 0.3 is 5.97 Å². The van der Waals surface area contributed by atoms with Crippen molar-refractivity contribution < 1.29 is 24.5 Å². The summed E-state index contributed by atoms with van der Waals surface area (Å²) in [5, 5.41) is 22.3. The number of ether oxygens (including phenoxy) is 1. The molecule has 0 aromatic heterocycles. The number of hydrogen-bond acceptors (Lipinski definition) is 6. The highest BCUT2D eigenvalue weighted by molar-refractivity contribution is 6.02. The van der Waals surface area contributed by atoms with Crippen LogP contribution in [0.25, 0.3) is 0 Å². The number of carbonyl (C=O) groups is 2. The molecule has 4 aliphatic heterocycles. The molecule has 6 atom stereocenters. The number of hydrogen-bond donors (Lipinski definition) is 2. The third-order valence-electron chi connectivity index (χ3n) is 7.34.